The van der Waals surface area contributed by atoms with E-state index in [0.29, 0.717) is 16.8 Å². The van der Waals surface area contributed by atoms with Crippen molar-refractivity contribution in [2.75, 3.05) is 0 Å². The first-order chi connectivity index (χ1) is 12.5. The van der Waals surface area contributed by atoms with Gasteiger partial charge in [-0.05, 0) is 48.0 Å². The molecule has 26 heavy (non-hydrogen) atoms. The fourth-order valence-corrected chi connectivity index (χ4v) is 2.38. The molecular formula is C19H15F2N3O2. The third-order valence-electron chi connectivity index (χ3n) is 3.68. The molecule has 1 N–H and O–H groups in total. The van der Waals surface area contributed by atoms with Gasteiger partial charge >= 0.3 is 0 Å². The van der Waals surface area contributed by atoms with Crippen LogP contribution in [0.5, 0.6) is 0 Å². The van der Waals surface area contributed by atoms with Crippen molar-refractivity contribution in [2.45, 2.75) is 13.1 Å². The van der Waals surface area contributed by atoms with Gasteiger partial charge in [-0.25, -0.2) is 13.5 Å². The summed E-state index contributed by atoms with van der Waals surface area (Å²) in [7, 11) is 0. The monoisotopic (exact) mass is 355 g/mol. The van der Waals surface area contributed by atoms with Crippen LogP contribution in [0.25, 0.3) is 11.3 Å². The summed E-state index contributed by atoms with van der Waals surface area (Å²) in [4.78, 5) is 24.0. The molecule has 3 aromatic rings. The standard InChI is InChI=1S/C19H15F2N3O2/c20-15-6-4-14(5-7-15)17-8-9-19(26)24(23-17)12-18(25)22-11-13-2-1-3-16(21)10-13/h1-10H,11-12H2,(H,22,25). The van der Waals surface area contributed by atoms with E-state index in [1.807, 2.05) is 0 Å². The molecule has 2 aromatic carbocycles. The van der Waals surface area contributed by atoms with Gasteiger partial charge < -0.3 is 5.32 Å². The summed E-state index contributed by atoms with van der Waals surface area (Å²) in [6.45, 7) is -0.133. The molecule has 3 rings (SSSR count). The molecule has 0 spiro atoms. The number of nitrogens with one attached hydrogen (secondary N) is 1. The number of hydrogen-bond acceptors (Lipinski definition) is 3. The molecule has 0 aliphatic carbocycles. The second-order valence-corrected chi connectivity index (χ2v) is 5.63. The third-order valence-corrected chi connectivity index (χ3v) is 3.68. The van der Waals surface area contributed by atoms with E-state index in [0.717, 1.165) is 4.68 Å². The average Bonchev–Trinajstić information content (AvgIpc) is 2.63. The lowest BCUT2D eigenvalue weighted by molar-refractivity contribution is -0.122. The number of amides is 1. The lowest BCUT2D eigenvalue weighted by Crippen LogP contribution is -2.33. The van der Waals surface area contributed by atoms with Gasteiger partial charge in [-0.2, -0.15) is 5.10 Å². The van der Waals surface area contributed by atoms with Crippen LogP contribution in [0.4, 0.5) is 8.78 Å². The van der Waals surface area contributed by atoms with Gasteiger partial charge in [-0.3, -0.25) is 9.59 Å². The maximum Gasteiger partial charge on any atom is 0.267 e. The second-order valence-electron chi connectivity index (χ2n) is 5.63. The average molecular weight is 355 g/mol. The number of carbonyl (C=O) groups excluding carboxylic acids is 1. The molecule has 132 valence electrons. The molecule has 0 atom stereocenters. The maximum absolute atomic E-state index is 13.1. The first-order valence-electron chi connectivity index (χ1n) is 7.86. The number of rotatable bonds is 5. The summed E-state index contributed by atoms with van der Waals surface area (Å²) in [6, 6.07) is 14.3. The predicted octanol–water partition coefficient (Wildman–Crippen LogP) is 2.50. The van der Waals surface area contributed by atoms with Crippen LogP contribution in [0.3, 0.4) is 0 Å². The van der Waals surface area contributed by atoms with E-state index in [2.05, 4.69) is 10.4 Å². The Labute approximate surface area is 147 Å². The Balaban J connectivity index is 1.70. The third kappa shape index (κ3) is 4.38. The van der Waals surface area contributed by atoms with Crippen LogP contribution in [-0.4, -0.2) is 15.7 Å². The van der Waals surface area contributed by atoms with E-state index in [-0.39, 0.29) is 24.7 Å². The van der Waals surface area contributed by atoms with E-state index < -0.39 is 11.5 Å². The smallest absolute Gasteiger partial charge is 0.267 e. The van der Waals surface area contributed by atoms with Gasteiger partial charge in [0.2, 0.25) is 5.91 Å². The van der Waals surface area contributed by atoms with E-state index in [1.54, 1.807) is 12.1 Å². The Bertz CT molecular complexity index is 985. The topological polar surface area (TPSA) is 64.0 Å². The predicted molar refractivity (Wildman–Crippen MR) is 92.1 cm³/mol. The zero-order valence-electron chi connectivity index (χ0n) is 13.7. The largest absolute Gasteiger partial charge is 0.350 e. The number of hydrogen-bond donors (Lipinski definition) is 1. The number of halogens is 2. The van der Waals surface area contributed by atoms with Crippen molar-refractivity contribution in [3.05, 3.63) is 88.2 Å². The minimum Gasteiger partial charge on any atom is -0.350 e. The highest BCUT2D eigenvalue weighted by Crippen LogP contribution is 2.15. The van der Waals surface area contributed by atoms with Crippen molar-refractivity contribution >= 4 is 5.91 Å². The first kappa shape index (κ1) is 17.5. The van der Waals surface area contributed by atoms with Crippen molar-refractivity contribution in [3.8, 4) is 11.3 Å². The fourth-order valence-electron chi connectivity index (χ4n) is 2.38. The maximum atomic E-state index is 13.1. The molecule has 0 saturated heterocycles. The minimum absolute atomic E-state index is 0.142. The van der Waals surface area contributed by atoms with Gasteiger partial charge in [0.25, 0.3) is 5.56 Å². The van der Waals surface area contributed by atoms with Crippen molar-refractivity contribution < 1.29 is 13.6 Å². The molecule has 0 fully saturated rings. The SMILES string of the molecule is O=C(Cn1nc(-c2ccc(F)cc2)ccc1=O)NCc1cccc(F)c1. The summed E-state index contributed by atoms with van der Waals surface area (Å²) in [5.41, 5.74) is 1.25. The molecule has 0 saturated carbocycles. The number of nitrogens with zero attached hydrogens (tertiary/aromatic N) is 2. The lowest BCUT2D eigenvalue weighted by atomic mass is 10.1. The van der Waals surface area contributed by atoms with E-state index >= 15 is 0 Å². The molecule has 7 heteroatoms. The second kappa shape index (κ2) is 7.69. The van der Waals surface area contributed by atoms with Crippen LogP contribution in [0.15, 0.2) is 65.5 Å². The molecule has 0 bridgehead atoms. The fraction of sp³-hybridized carbons (Fsp3) is 0.105. The minimum atomic E-state index is -0.434. The van der Waals surface area contributed by atoms with Crippen LogP contribution < -0.4 is 10.9 Å². The zero-order chi connectivity index (χ0) is 18.5. The molecular weight excluding hydrogens is 340 g/mol. The van der Waals surface area contributed by atoms with Crippen LogP contribution >= 0.6 is 0 Å². The quantitative estimate of drug-likeness (QED) is 0.765. The van der Waals surface area contributed by atoms with Crippen molar-refractivity contribution in [2.24, 2.45) is 0 Å². The summed E-state index contributed by atoms with van der Waals surface area (Å²) in [5, 5.41) is 6.76. The number of aromatic nitrogens is 2. The Morgan fingerprint density at radius 2 is 1.77 bits per heavy atom. The van der Waals surface area contributed by atoms with E-state index in [9.17, 15) is 18.4 Å². The Morgan fingerprint density at radius 3 is 2.50 bits per heavy atom. The summed E-state index contributed by atoms with van der Waals surface area (Å²) in [6.07, 6.45) is 0. The molecule has 0 aliphatic heterocycles. The van der Waals surface area contributed by atoms with Crippen molar-refractivity contribution in [3.63, 3.8) is 0 Å². The molecule has 1 amide bonds. The number of carbonyl (C=O) groups is 1. The highest BCUT2D eigenvalue weighted by Gasteiger charge is 2.08. The van der Waals surface area contributed by atoms with Crippen LogP contribution in [0, 0.1) is 11.6 Å². The molecule has 0 unspecified atom stereocenters. The summed E-state index contributed by atoms with van der Waals surface area (Å²) in [5.74, 6) is -1.19. The van der Waals surface area contributed by atoms with E-state index in [1.165, 1.54) is 48.5 Å². The Hall–Kier alpha value is -3.35. The first-order valence-corrected chi connectivity index (χ1v) is 7.86. The summed E-state index contributed by atoms with van der Waals surface area (Å²) >= 11 is 0. The van der Waals surface area contributed by atoms with Gasteiger partial charge in [0.05, 0.1) is 5.69 Å². The van der Waals surface area contributed by atoms with Crippen molar-refractivity contribution in [1.29, 1.82) is 0 Å². The number of benzene rings is 2. The Morgan fingerprint density at radius 1 is 1.00 bits per heavy atom. The zero-order valence-corrected chi connectivity index (χ0v) is 13.7. The van der Waals surface area contributed by atoms with Crippen molar-refractivity contribution in [1.82, 2.24) is 15.1 Å². The molecule has 1 aromatic heterocycles. The van der Waals surface area contributed by atoms with Crippen LogP contribution in [0.2, 0.25) is 0 Å². The molecule has 5 nitrogen and oxygen atoms in total. The molecule has 0 aliphatic rings. The lowest BCUT2D eigenvalue weighted by Gasteiger charge is -2.08. The van der Waals surface area contributed by atoms with Crippen LogP contribution in [-0.2, 0) is 17.9 Å². The van der Waals surface area contributed by atoms with Gasteiger partial charge in [0, 0.05) is 18.2 Å². The summed E-state index contributed by atoms with van der Waals surface area (Å²) < 4.78 is 27.2. The van der Waals surface area contributed by atoms with Gasteiger partial charge in [-0.15, -0.1) is 0 Å². The van der Waals surface area contributed by atoms with E-state index in [4.69, 9.17) is 0 Å². The van der Waals surface area contributed by atoms with Gasteiger partial charge in [-0.1, -0.05) is 12.1 Å². The highest BCUT2D eigenvalue weighted by molar-refractivity contribution is 5.75. The Kier molecular flexibility index (Phi) is 5.17. The molecule has 1 heterocycles. The highest BCUT2D eigenvalue weighted by atomic mass is 19.1. The van der Waals surface area contributed by atoms with Gasteiger partial charge in [0.15, 0.2) is 0 Å². The normalized spacial score (nSPS) is 10.5. The molecule has 0 radical (unpaired) electrons. The van der Waals surface area contributed by atoms with Gasteiger partial charge in [0.1, 0.15) is 18.2 Å². The van der Waals surface area contributed by atoms with Crippen LogP contribution in [0.1, 0.15) is 5.56 Å².